The van der Waals surface area contributed by atoms with Gasteiger partial charge in [0.25, 0.3) is 0 Å². The molecule has 1 aromatic heterocycles. The van der Waals surface area contributed by atoms with Gasteiger partial charge in [-0.05, 0) is 6.42 Å². The molecule has 0 radical (unpaired) electrons. The second-order valence-electron chi connectivity index (χ2n) is 7.63. The maximum absolute atomic E-state index is 11.4. The number of unbranched alkanes of at least 4 members (excludes halogenated alkanes) is 9. The molecule has 0 saturated carbocycles. The summed E-state index contributed by atoms with van der Waals surface area (Å²) in [6, 6.07) is 6.43. The first-order chi connectivity index (χ1) is 15.5. The van der Waals surface area contributed by atoms with Gasteiger partial charge in [0.15, 0.2) is 31.9 Å². The molecular weight excluding hydrogens is 510 g/mol. The van der Waals surface area contributed by atoms with Crippen LogP contribution in [0.25, 0.3) is 4.13 Å². The topological polar surface area (TPSA) is 86.3 Å². The predicted molar refractivity (Wildman–Crippen MR) is 117 cm³/mol. The van der Waals surface area contributed by atoms with Gasteiger partial charge in [-0.25, -0.2) is 21.4 Å². The first-order valence-corrected chi connectivity index (χ1v) is 13.7. The smallest absolute Gasteiger partial charge is 0.421 e. The quantitative estimate of drug-likeness (QED) is 0.167. The number of sulfonamides is 2. The summed E-state index contributed by atoms with van der Waals surface area (Å²) in [5.74, 6) is 0. The minimum Gasteiger partial charge on any atom is -0.421 e. The van der Waals surface area contributed by atoms with Crippen LogP contribution in [0, 0.1) is 6.92 Å². The van der Waals surface area contributed by atoms with Crippen molar-refractivity contribution in [1.82, 2.24) is 0 Å². The Morgan fingerprint density at radius 3 is 1.53 bits per heavy atom. The number of alkyl halides is 6. The van der Waals surface area contributed by atoms with Crippen LogP contribution in [0.3, 0.4) is 0 Å². The third-order valence-electron chi connectivity index (χ3n) is 4.70. The molecule has 0 aliphatic rings. The SMILES string of the molecule is CCCCCCCCCCCC[n+]1ccccc1C.O=S(=O)([N-]S(=O)(=O)C(F)(F)F)C(F)(F)F. The molecule has 0 fully saturated rings. The minimum atomic E-state index is -6.72. The van der Waals surface area contributed by atoms with E-state index in [1.807, 2.05) is 0 Å². The summed E-state index contributed by atoms with van der Waals surface area (Å²) in [5.41, 5.74) is -11.0. The van der Waals surface area contributed by atoms with Crippen LogP contribution >= 0.6 is 0 Å². The molecule has 1 aromatic rings. The Bertz CT molecular complexity index is 876. The van der Waals surface area contributed by atoms with E-state index in [1.54, 1.807) is 0 Å². The summed E-state index contributed by atoms with van der Waals surface area (Å²) in [6.07, 6.45) is 16.3. The first kappa shape index (κ1) is 32.6. The normalized spacial score (nSPS) is 12.8. The predicted octanol–water partition coefficient (Wildman–Crippen LogP) is 6.26. The molecule has 0 saturated heterocycles. The van der Waals surface area contributed by atoms with Crippen molar-refractivity contribution in [2.45, 2.75) is 95.6 Å². The standard InChI is InChI=1S/C18H32N.C2F6NO4S2/c1-3-4-5-6-7-8-9-10-11-13-16-19-17-14-12-15-18(19)2;3-1(4,5)14(10,11)9-15(12,13)2(6,7)8/h12,14-15,17H,3-11,13,16H2,1-2H3;/q+1;-1. The van der Waals surface area contributed by atoms with Crippen molar-refractivity contribution in [2.75, 3.05) is 0 Å². The monoisotopic (exact) mass is 542 g/mol. The Labute approximate surface area is 197 Å². The molecule has 34 heavy (non-hydrogen) atoms. The van der Waals surface area contributed by atoms with Crippen LogP contribution in [0.5, 0.6) is 0 Å². The van der Waals surface area contributed by atoms with E-state index in [0.717, 1.165) is 4.13 Å². The lowest BCUT2D eigenvalue weighted by Gasteiger charge is -2.22. The van der Waals surface area contributed by atoms with E-state index in [4.69, 9.17) is 0 Å². The zero-order valence-corrected chi connectivity index (χ0v) is 20.8. The molecule has 200 valence electrons. The second kappa shape index (κ2) is 14.9. The van der Waals surface area contributed by atoms with Gasteiger partial charge in [0.2, 0.25) is 0 Å². The molecule has 0 bridgehead atoms. The molecule has 0 amide bonds. The van der Waals surface area contributed by atoms with E-state index in [0.29, 0.717) is 0 Å². The van der Waals surface area contributed by atoms with Crippen molar-refractivity contribution in [3.8, 4) is 0 Å². The van der Waals surface area contributed by atoms with Gasteiger partial charge in [-0.3, -0.25) is 0 Å². The van der Waals surface area contributed by atoms with Crippen molar-refractivity contribution in [3.05, 3.63) is 34.2 Å². The molecular formula is C20H32F6N2O4S2. The Hall–Kier alpha value is -1.41. The molecule has 6 nitrogen and oxygen atoms in total. The van der Waals surface area contributed by atoms with E-state index >= 15 is 0 Å². The van der Waals surface area contributed by atoms with Gasteiger partial charge in [0.1, 0.15) is 6.54 Å². The molecule has 1 rings (SSSR count). The minimum absolute atomic E-state index is 0.778. The lowest BCUT2D eigenvalue weighted by Crippen LogP contribution is -2.36. The molecule has 0 aliphatic carbocycles. The summed E-state index contributed by atoms with van der Waals surface area (Å²) >= 11 is 0. The highest BCUT2D eigenvalue weighted by molar-refractivity contribution is 8.13. The van der Waals surface area contributed by atoms with E-state index in [1.165, 1.54) is 76.4 Å². The van der Waals surface area contributed by atoms with E-state index < -0.39 is 31.1 Å². The molecule has 0 spiro atoms. The number of aryl methyl sites for hydroxylation is 2. The molecule has 0 aliphatic heterocycles. The molecule has 0 N–H and O–H groups in total. The number of hydrogen-bond acceptors (Lipinski definition) is 4. The van der Waals surface area contributed by atoms with E-state index in [-0.39, 0.29) is 0 Å². The van der Waals surface area contributed by atoms with Gasteiger partial charge in [-0.2, -0.15) is 26.3 Å². The average molecular weight is 543 g/mol. The molecule has 0 aromatic carbocycles. The van der Waals surface area contributed by atoms with Crippen LogP contribution in [0.1, 0.15) is 76.8 Å². The van der Waals surface area contributed by atoms with Gasteiger partial charge in [-0.1, -0.05) is 64.4 Å². The van der Waals surface area contributed by atoms with Crippen molar-refractivity contribution in [2.24, 2.45) is 0 Å². The summed E-state index contributed by atoms with van der Waals surface area (Å²) in [6.45, 7) is 5.66. The number of rotatable bonds is 13. The van der Waals surface area contributed by atoms with Crippen molar-refractivity contribution in [1.29, 1.82) is 0 Å². The van der Waals surface area contributed by atoms with E-state index in [9.17, 15) is 43.2 Å². The highest BCUT2D eigenvalue weighted by Crippen LogP contribution is 2.36. The number of nitrogens with zero attached hydrogens (tertiary/aromatic N) is 2. The molecule has 0 atom stereocenters. The first-order valence-electron chi connectivity index (χ1n) is 10.9. The number of halogens is 6. The Kier molecular flexibility index (Phi) is 14.3. The Morgan fingerprint density at radius 1 is 0.735 bits per heavy atom. The number of hydrogen-bond donors (Lipinski definition) is 0. The van der Waals surface area contributed by atoms with Crippen LogP contribution in [-0.2, 0) is 26.6 Å². The Morgan fingerprint density at radius 2 is 1.15 bits per heavy atom. The third-order valence-corrected chi connectivity index (χ3v) is 7.44. The molecule has 14 heteroatoms. The Balaban J connectivity index is 0.000000661. The van der Waals surface area contributed by atoms with Crippen molar-refractivity contribution < 1.29 is 47.7 Å². The van der Waals surface area contributed by atoms with Crippen LogP contribution in [0.15, 0.2) is 24.4 Å². The van der Waals surface area contributed by atoms with Crippen molar-refractivity contribution >= 4 is 20.0 Å². The van der Waals surface area contributed by atoms with Crippen LogP contribution in [-0.4, -0.2) is 27.9 Å². The van der Waals surface area contributed by atoms with Crippen LogP contribution < -0.4 is 4.57 Å². The van der Waals surface area contributed by atoms with Gasteiger partial charge >= 0.3 is 11.0 Å². The zero-order valence-electron chi connectivity index (χ0n) is 19.2. The second-order valence-corrected chi connectivity index (χ2v) is 11.1. The maximum Gasteiger partial charge on any atom is 0.480 e. The van der Waals surface area contributed by atoms with Gasteiger partial charge in [-0.15, -0.1) is 0 Å². The summed E-state index contributed by atoms with van der Waals surface area (Å²) in [5, 5.41) is 0. The summed E-state index contributed by atoms with van der Waals surface area (Å²) in [7, 11) is -13.4. The lowest BCUT2D eigenvalue weighted by molar-refractivity contribution is -0.703. The number of pyridine rings is 1. The van der Waals surface area contributed by atoms with Crippen LogP contribution in [0.2, 0.25) is 0 Å². The zero-order chi connectivity index (χ0) is 26.5. The summed E-state index contributed by atoms with van der Waals surface area (Å²) < 4.78 is 112. The van der Waals surface area contributed by atoms with Gasteiger partial charge in [0, 0.05) is 25.5 Å². The van der Waals surface area contributed by atoms with Crippen LogP contribution in [0.4, 0.5) is 26.3 Å². The average Bonchev–Trinajstić information content (AvgIpc) is 2.69. The van der Waals surface area contributed by atoms with Gasteiger partial charge in [0.05, 0.1) is 0 Å². The largest absolute Gasteiger partial charge is 0.480 e. The fraction of sp³-hybridized carbons (Fsp3) is 0.750. The maximum atomic E-state index is 11.4. The third kappa shape index (κ3) is 12.9. The highest BCUT2D eigenvalue weighted by atomic mass is 32.3. The molecule has 1 heterocycles. The highest BCUT2D eigenvalue weighted by Gasteiger charge is 2.46. The van der Waals surface area contributed by atoms with Crippen molar-refractivity contribution in [3.63, 3.8) is 0 Å². The fourth-order valence-corrected chi connectivity index (χ4v) is 4.51. The van der Waals surface area contributed by atoms with Gasteiger partial charge < -0.3 is 4.13 Å². The number of aromatic nitrogens is 1. The lowest BCUT2D eigenvalue weighted by atomic mass is 10.1. The van der Waals surface area contributed by atoms with E-state index in [2.05, 4.69) is 42.8 Å². The summed E-state index contributed by atoms with van der Waals surface area (Å²) in [4.78, 5) is 0. The fourth-order valence-electron chi connectivity index (χ4n) is 2.80. The molecule has 0 unspecified atom stereocenters.